The summed E-state index contributed by atoms with van der Waals surface area (Å²) in [7, 11) is 0. The van der Waals surface area contributed by atoms with Crippen LogP contribution in [0.2, 0.25) is 0 Å². The first-order valence-electron chi connectivity index (χ1n) is 16.5. The van der Waals surface area contributed by atoms with Gasteiger partial charge in [0.05, 0.1) is 22.0 Å². The van der Waals surface area contributed by atoms with Crippen molar-refractivity contribution in [2.24, 2.45) is 0 Å². The second kappa shape index (κ2) is 9.08. The SMILES string of the molecule is C1=CC2=C(CC1)c1ccccc1C21c2ccccc2Oc2c(-c3ccc4c5ccccc5n5c6ccccc6nc5c4c3)cccc21. The van der Waals surface area contributed by atoms with E-state index in [2.05, 4.69) is 150 Å². The third-order valence-corrected chi connectivity index (χ3v) is 10.7. The summed E-state index contributed by atoms with van der Waals surface area (Å²) >= 11 is 0. The van der Waals surface area contributed by atoms with Crippen LogP contribution in [-0.2, 0) is 5.41 Å². The Morgan fingerprint density at radius 1 is 0.617 bits per heavy atom. The van der Waals surface area contributed by atoms with Gasteiger partial charge in [-0.2, -0.15) is 0 Å². The van der Waals surface area contributed by atoms with E-state index in [1.54, 1.807) is 0 Å². The lowest BCUT2D eigenvalue weighted by molar-refractivity contribution is 0.437. The van der Waals surface area contributed by atoms with Gasteiger partial charge >= 0.3 is 0 Å². The van der Waals surface area contributed by atoms with Gasteiger partial charge < -0.3 is 4.74 Å². The third-order valence-electron chi connectivity index (χ3n) is 10.7. The molecule has 1 spiro atoms. The lowest BCUT2D eigenvalue weighted by Crippen LogP contribution is -2.33. The van der Waals surface area contributed by atoms with Gasteiger partial charge in [0.1, 0.15) is 17.1 Å². The predicted octanol–water partition coefficient (Wildman–Crippen LogP) is 11.0. The molecule has 0 radical (unpaired) electrons. The van der Waals surface area contributed by atoms with Gasteiger partial charge in [-0.3, -0.25) is 4.40 Å². The summed E-state index contributed by atoms with van der Waals surface area (Å²) in [6, 6.07) is 48.3. The standard InChI is InChI=1S/C44H28N2O/c1-4-16-34-30(12-1)31-13-2-5-17-35(31)44(34)36-18-6-10-23-41(36)47-42-28(15-11-19-37(42)44)27-24-25-29-32-14-3-8-21-39(32)46-40-22-9-7-20-38(40)45-43(46)33(29)26-27/h1,3-12,14-26H,2,13H2. The Labute approximate surface area is 271 Å². The summed E-state index contributed by atoms with van der Waals surface area (Å²) < 4.78 is 9.31. The summed E-state index contributed by atoms with van der Waals surface area (Å²) in [4.78, 5) is 5.19. The molecule has 1 aliphatic heterocycles. The quantitative estimate of drug-likeness (QED) is 0.175. The van der Waals surface area contributed by atoms with Crippen molar-refractivity contribution in [3.63, 3.8) is 0 Å². The number of fused-ring (bicyclic) bond motifs is 16. The molecule has 0 saturated heterocycles. The third kappa shape index (κ3) is 3.14. The topological polar surface area (TPSA) is 26.5 Å². The number of rotatable bonds is 1. The summed E-state index contributed by atoms with van der Waals surface area (Å²) in [5.41, 5.74) is 14.0. The first-order valence-corrected chi connectivity index (χ1v) is 16.5. The average molecular weight is 601 g/mol. The molecular formula is C44H28N2O. The molecule has 0 N–H and O–H groups in total. The molecule has 0 fully saturated rings. The molecule has 1 unspecified atom stereocenters. The van der Waals surface area contributed by atoms with Crippen molar-refractivity contribution in [1.29, 1.82) is 0 Å². The molecule has 0 amide bonds. The molecule has 11 rings (SSSR count). The number of nitrogens with zero attached hydrogens (tertiary/aromatic N) is 2. The number of hydrogen-bond acceptors (Lipinski definition) is 2. The molecule has 8 aromatic rings. The summed E-state index contributed by atoms with van der Waals surface area (Å²) in [5, 5.41) is 3.55. The summed E-state index contributed by atoms with van der Waals surface area (Å²) in [5.74, 6) is 1.85. The smallest absolute Gasteiger partial charge is 0.146 e. The average Bonchev–Trinajstić information content (AvgIpc) is 3.67. The Morgan fingerprint density at radius 2 is 1.38 bits per heavy atom. The summed E-state index contributed by atoms with van der Waals surface area (Å²) in [6.45, 7) is 0. The van der Waals surface area contributed by atoms with E-state index < -0.39 is 5.41 Å². The van der Waals surface area contributed by atoms with Crippen molar-refractivity contribution in [3.8, 4) is 22.6 Å². The van der Waals surface area contributed by atoms with Gasteiger partial charge in [-0.25, -0.2) is 4.98 Å². The molecular weight excluding hydrogens is 572 g/mol. The van der Waals surface area contributed by atoms with Crippen LogP contribution in [-0.4, -0.2) is 9.38 Å². The van der Waals surface area contributed by atoms with E-state index in [9.17, 15) is 0 Å². The van der Waals surface area contributed by atoms with Crippen LogP contribution in [0.3, 0.4) is 0 Å². The van der Waals surface area contributed by atoms with Crippen LogP contribution in [0.4, 0.5) is 0 Å². The minimum atomic E-state index is -0.440. The minimum Gasteiger partial charge on any atom is -0.456 e. The number of pyridine rings is 1. The van der Waals surface area contributed by atoms with E-state index in [-0.39, 0.29) is 0 Å². The minimum absolute atomic E-state index is 0.440. The van der Waals surface area contributed by atoms with E-state index in [1.165, 1.54) is 49.7 Å². The Kier molecular flexibility index (Phi) is 4.89. The molecule has 3 heteroatoms. The second-order valence-electron chi connectivity index (χ2n) is 12.9. The summed E-state index contributed by atoms with van der Waals surface area (Å²) in [6.07, 6.45) is 6.85. The van der Waals surface area contributed by atoms with Crippen LogP contribution < -0.4 is 4.74 Å². The molecule has 3 aliphatic rings. The zero-order chi connectivity index (χ0) is 30.7. The van der Waals surface area contributed by atoms with Crippen LogP contribution in [0.1, 0.15) is 35.1 Å². The lowest BCUT2D eigenvalue weighted by Gasteiger charge is -2.41. The van der Waals surface area contributed by atoms with Gasteiger partial charge in [0.15, 0.2) is 0 Å². The zero-order valence-corrected chi connectivity index (χ0v) is 25.6. The van der Waals surface area contributed by atoms with Gasteiger partial charge in [-0.1, -0.05) is 115 Å². The van der Waals surface area contributed by atoms with E-state index in [0.29, 0.717) is 0 Å². The number of para-hydroxylation sites is 5. The maximum Gasteiger partial charge on any atom is 0.146 e. The van der Waals surface area contributed by atoms with Gasteiger partial charge in [-0.05, 0) is 76.4 Å². The van der Waals surface area contributed by atoms with Crippen molar-refractivity contribution in [1.82, 2.24) is 9.38 Å². The molecule has 1 atom stereocenters. The second-order valence-corrected chi connectivity index (χ2v) is 12.9. The maximum absolute atomic E-state index is 6.99. The van der Waals surface area contributed by atoms with Crippen LogP contribution in [0.25, 0.3) is 55.1 Å². The number of hydrogen-bond donors (Lipinski definition) is 0. The highest BCUT2D eigenvalue weighted by Gasteiger charge is 2.52. The molecule has 3 nitrogen and oxygen atoms in total. The van der Waals surface area contributed by atoms with Crippen LogP contribution in [0.5, 0.6) is 11.5 Å². The molecule has 47 heavy (non-hydrogen) atoms. The maximum atomic E-state index is 6.99. The van der Waals surface area contributed by atoms with E-state index in [1.807, 2.05) is 0 Å². The number of benzene rings is 6. The van der Waals surface area contributed by atoms with E-state index in [0.717, 1.165) is 57.5 Å². The fourth-order valence-corrected chi connectivity index (χ4v) is 8.86. The normalized spacial score (nSPS) is 17.7. The number of aromatic nitrogens is 2. The highest BCUT2D eigenvalue weighted by Crippen LogP contribution is 2.63. The molecule has 0 bridgehead atoms. The van der Waals surface area contributed by atoms with Crippen LogP contribution in [0, 0.1) is 0 Å². The van der Waals surface area contributed by atoms with Crippen molar-refractivity contribution < 1.29 is 4.74 Å². The fourth-order valence-electron chi connectivity index (χ4n) is 8.86. The monoisotopic (exact) mass is 600 g/mol. The number of imidazole rings is 1. The number of allylic oxidation sites excluding steroid dienone is 4. The fraction of sp³-hybridized carbons (Fsp3) is 0.0682. The van der Waals surface area contributed by atoms with Crippen LogP contribution >= 0.6 is 0 Å². The Bertz CT molecular complexity index is 2730. The molecule has 3 heterocycles. The lowest BCUT2D eigenvalue weighted by atomic mass is 9.64. The van der Waals surface area contributed by atoms with Gasteiger partial charge in [0.2, 0.25) is 0 Å². The van der Waals surface area contributed by atoms with Gasteiger partial charge in [0.25, 0.3) is 0 Å². The molecule has 6 aromatic carbocycles. The molecule has 220 valence electrons. The highest BCUT2D eigenvalue weighted by atomic mass is 16.5. The van der Waals surface area contributed by atoms with Crippen molar-refractivity contribution >= 4 is 43.9 Å². The van der Waals surface area contributed by atoms with Gasteiger partial charge in [0, 0.05) is 27.5 Å². The Morgan fingerprint density at radius 3 is 2.34 bits per heavy atom. The Hall–Kier alpha value is -5.93. The first kappa shape index (κ1) is 25.3. The van der Waals surface area contributed by atoms with Crippen LogP contribution in [0.15, 0.2) is 151 Å². The largest absolute Gasteiger partial charge is 0.456 e. The number of ether oxygens (including phenoxy) is 1. The van der Waals surface area contributed by atoms with E-state index in [4.69, 9.17) is 9.72 Å². The molecule has 2 aliphatic carbocycles. The zero-order valence-electron chi connectivity index (χ0n) is 25.6. The van der Waals surface area contributed by atoms with Crippen molar-refractivity contribution in [2.45, 2.75) is 18.3 Å². The molecule has 2 aromatic heterocycles. The highest BCUT2D eigenvalue weighted by molar-refractivity contribution is 6.14. The van der Waals surface area contributed by atoms with E-state index >= 15 is 0 Å². The predicted molar refractivity (Wildman–Crippen MR) is 191 cm³/mol. The first-order chi connectivity index (χ1) is 23.3. The Balaban J connectivity index is 1.23. The molecule has 0 saturated carbocycles. The van der Waals surface area contributed by atoms with Crippen molar-refractivity contribution in [3.05, 3.63) is 173 Å². The van der Waals surface area contributed by atoms with Crippen molar-refractivity contribution in [2.75, 3.05) is 0 Å². The van der Waals surface area contributed by atoms with Gasteiger partial charge in [-0.15, -0.1) is 0 Å².